The van der Waals surface area contributed by atoms with Crippen molar-refractivity contribution in [3.63, 3.8) is 0 Å². The highest BCUT2D eigenvalue weighted by molar-refractivity contribution is 6.06. The Morgan fingerprint density at radius 2 is 1.77 bits per heavy atom. The van der Waals surface area contributed by atoms with Gasteiger partial charge in [-0.25, -0.2) is 0 Å². The van der Waals surface area contributed by atoms with Crippen LogP contribution >= 0.6 is 0 Å². The molecule has 6 heteroatoms. The predicted octanol–water partition coefficient (Wildman–Crippen LogP) is 4.05. The molecule has 2 aromatic carbocycles. The molecule has 4 rings (SSSR count). The van der Waals surface area contributed by atoms with E-state index in [0.717, 1.165) is 42.0 Å². The van der Waals surface area contributed by atoms with Gasteiger partial charge in [-0.05, 0) is 61.2 Å². The van der Waals surface area contributed by atoms with E-state index in [1.807, 2.05) is 30.3 Å². The van der Waals surface area contributed by atoms with Crippen LogP contribution in [0.2, 0.25) is 0 Å². The van der Waals surface area contributed by atoms with Crippen LogP contribution in [-0.2, 0) is 26.5 Å². The van der Waals surface area contributed by atoms with Crippen LogP contribution in [0.3, 0.4) is 0 Å². The van der Waals surface area contributed by atoms with Crippen LogP contribution in [0.4, 0.5) is 5.69 Å². The van der Waals surface area contributed by atoms with E-state index < -0.39 is 5.79 Å². The van der Waals surface area contributed by atoms with Crippen molar-refractivity contribution in [3.05, 3.63) is 53.6 Å². The van der Waals surface area contributed by atoms with Gasteiger partial charge in [0.2, 0.25) is 0 Å². The van der Waals surface area contributed by atoms with Gasteiger partial charge in [0.1, 0.15) is 11.5 Å². The summed E-state index contributed by atoms with van der Waals surface area (Å²) in [4.78, 5) is 15.0. The Labute approximate surface area is 177 Å². The number of amides is 1. The molecule has 0 unspecified atom stereocenters. The van der Waals surface area contributed by atoms with Crippen LogP contribution < -0.4 is 14.4 Å². The SMILES string of the molecule is CCCCc1ccc2c(c1)C1(OCCO1)C(=O)N2CCCOc1ccc(OC)cc1. The normalized spacial score (nSPS) is 16.9. The highest BCUT2D eigenvalue weighted by atomic mass is 16.7. The van der Waals surface area contributed by atoms with Crippen LogP contribution in [-0.4, -0.2) is 39.4 Å². The second kappa shape index (κ2) is 9.06. The number of carbonyl (C=O) groups excluding carboxylic acids is 1. The molecule has 0 N–H and O–H groups in total. The molecule has 6 nitrogen and oxygen atoms in total. The van der Waals surface area contributed by atoms with Gasteiger partial charge in [-0.15, -0.1) is 0 Å². The lowest BCUT2D eigenvalue weighted by atomic mass is 10.0. The van der Waals surface area contributed by atoms with Gasteiger partial charge in [-0.1, -0.05) is 19.4 Å². The largest absolute Gasteiger partial charge is 0.497 e. The van der Waals surface area contributed by atoms with Crippen molar-refractivity contribution in [1.29, 1.82) is 0 Å². The van der Waals surface area contributed by atoms with E-state index >= 15 is 0 Å². The molecule has 2 aliphatic heterocycles. The minimum Gasteiger partial charge on any atom is -0.497 e. The Bertz CT molecular complexity index is 874. The summed E-state index contributed by atoms with van der Waals surface area (Å²) in [6.45, 7) is 4.09. The van der Waals surface area contributed by atoms with Crippen LogP contribution in [0, 0.1) is 0 Å². The predicted molar refractivity (Wildman–Crippen MR) is 114 cm³/mol. The number of aryl methyl sites for hydroxylation is 1. The molecule has 1 amide bonds. The first-order valence-corrected chi connectivity index (χ1v) is 10.7. The molecule has 1 spiro atoms. The monoisotopic (exact) mass is 411 g/mol. The quantitative estimate of drug-likeness (QED) is 0.583. The number of hydrogen-bond donors (Lipinski definition) is 0. The summed E-state index contributed by atoms with van der Waals surface area (Å²) < 4.78 is 22.7. The molecule has 2 aromatic rings. The standard InChI is InChI=1S/C24H29NO5/c1-3-4-6-18-7-12-22-21(17-18)24(29-15-16-30-24)23(26)25(22)13-5-14-28-20-10-8-19(27-2)9-11-20/h7-12,17H,3-6,13-16H2,1-2H3. The molecule has 2 aliphatic rings. The maximum atomic E-state index is 13.3. The van der Waals surface area contributed by atoms with E-state index in [1.165, 1.54) is 5.56 Å². The lowest BCUT2D eigenvalue weighted by molar-refractivity contribution is -0.180. The first-order valence-electron chi connectivity index (χ1n) is 10.7. The zero-order valence-electron chi connectivity index (χ0n) is 17.7. The van der Waals surface area contributed by atoms with Gasteiger partial charge in [-0.3, -0.25) is 4.79 Å². The molecule has 0 atom stereocenters. The number of fused-ring (bicyclic) bond motifs is 2. The summed E-state index contributed by atoms with van der Waals surface area (Å²) in [5.74, 6) is 0.173. The minimum atomic E-state index is -1.27. The second-order valence-electron chi connectivity index (χ2n) is 7.60. The first kappa shape index (κ1) is 20.7. The van der Waals surface area contributed by atoms with Gasteiger partial charge < -0.3 is 23.8 Å². The van der Waals surface area contributed by atoms with Gasteiger partial charge in [0.15, 0.2) is 0 Å². The van der Waals surface area contributed by atoms with Gasteiger partial charge in [0.25, 0.3) is 11.7 Å². The molecule has 0 aromatic heterocycles. The number of anilines is 1. The molecule has 0 aliphatic carbocycles. The summed E-state index contributed by atoms with van der Waals surface area (Å²) in [5, 5.41) is 0. The number of ether oxygens (including phenoxy) is 4. The number of benzene rings is 2. The third-order valence-electron chi connectivity index (χ3n) is 5.60. The molecule has 1 fully saturated rings. The van der Waals surface area contributed by atoms with Gasteiger partial charge in [-0.2, -0.15) is 0 Å². The zero-order chi connectivity index (χ0) is 21.0. The average molecular weight is 411 g/mol. The smallest absolute Gasteiger partial charge is 0.292 e. The number of carbonyl (C=O) groups is 1. The number of nitrogens with zero attached hydrogens (tertiary/aromatic N) is 1. The number of methoxy groups -OCH3 is 1. The summed E-state index contributed by atoms with van der Waals surface area (Å²) in [6, 6.07) is 13.7. The minimum absolute atomic E-state index is 0.132. The Morgan fingerprint density at radius 1 is 1.03 bits per heavy atom. The molecule has 1 saturated heterocycles. The Morgan fingerprint density at radius 3 is 2.47 bits per heavy atom. The van der Waals surface area contributed by atoms with Crippen molar-refractivity contribution in [2.75, 3.05) is 38.4 Å². The van der Waals surface area contributed by atoms with Crippen LogP contribution in [0.15, 0.2) is 42.5 Å². The summed E-state index contributed by atoms with van der Waals surface area (Å²) >= 11 is 0. The molecule has 0 bridgehead atoms. The van der Waals surface area contributed by atoms with Crippen molar-refractivity contribution in [1.82, 2.24) is 0 Å². The van der Waals surface area contributed by atoms with Crippen molar-refractivity contribution in [2.24, 2.45) is 0 Å². The van der Waals surface area contributed by atoms with Crippen molar-refractivity contribution < 1.29 is 23.7 Å². The van der Waals surface area contributed by atoms with Gasteiger partial charge in [0, 0.05) is 12.1 Å². The highest BCUT2D eigenvalue weighted by Crippen LogP contribution is 2.46. The molecular formula is C24H29NO5. The Hall–Kier alpha value is -2.57. The number of rotatable bonds is 9. The van der Waals surface area contributed by atoms with Crippen molar-refractivity contribution in [2.45, 2.75) is 38.4 Å². The van der Waals surface area contributed by atoms with E-state index in [9.17, 15) is 4.79 Å². The highest BCUT2D eigenvalue weighted by Gasteiger charge is 2.55. The lowest BCUT2D eigenvalue weighted by Crippen LogP contribution is -2.41. The summed E-state index contributed by atoms with van der Waals surface area (Å²) in [5.41, 5.74) is 2.94. The van der Waals surface area contributed by atoms with Crippen LogP contribution in [0.5, 0.6) is 11.5 Å². The van der Waals surface area contributed by atoms with Crippen LogP contribution in [0.25, 0.3) is 0 Å². The maximum Gasteiger partial charge on any atom is 0.292 e. The molecule has 0 radical (unpaired) electrons. The van der Waals surface area contributed by atoms with E-state index in [1.54, 1.807) is 12.0 Å². The van der Waals surface area contributed by atoms with Crippen molar-refractivity contribution in [3.8, 4) is 11.5 Å². The average Bonchev–Trinajstić information content (AvgIpc) is 3.36. The number of hydrogen-bond acceptors (Lipinski definition) is 5. The third-order valence-corrected chi connectivity index (χ3v) is 5.60. The van der Waals surface area contributed by atoms with Gasteiger partial charge in [0.05, 0.1) is 32.6 Å². The molecule has 30 heavy (non-hydrogen) atoms. The Kier molecular flexibility index (Phi) is 6.25. The van der Waals surface area contributed by atoms with Gasteiger partial charge >= 0.3 is 0 Å². The van der Waals surface area contributed by atoms with Crippen molar-refractivity contribution >= 4 is 11.6 Å². The molecular weight excluding hydrogens is 382 g/mol. The summed E-state index contributed by atoms with van der Waals surface area (Å²) in [7, 11) is 1.64. The van der Waals surface area contributed by atoms with Crippen LogP contribution in [0.1, 0.15) is 37.3 Å². The van der Waals surface area contributed by atoms with E-state index in [4.69, 9.17) is 18.9 Å². The first-order chi connectivity index (χ1) is 14.7. The summed E-state index contributed by atoms with van der Waals surface area (Å²) in [6.07, 6.45) is 3.94. The van der Waals surface area contributed by atoms with E-state index in [-0.39, 0.29) is 5.91 Å². The maximum absolute atomic E-state index is 13.3. The fourth-order valence-electron chi connectivity index (χ4n) is 4.02. The topological polar surface area (TPSA) is 57.2 Å². The van der Waals surface area contributed by atoms with E-state index in [0.29, 0.717) is 32.8 Å². The zero-order valence-corrected chi connectivity index (χ0v) is 17.7. The molecule has 160 valence electrons. The fraction of sp³-hybridized carbons (Fsp3) is 0.458. The second-order valence-corrected chi connectivity index (χ2v) is 7.60. The fourth-order valence-corrected chi connectivity index (χ4v) is 4.02. The third kappa shape index (κ3) is 3.89. The number of unbranched alkanes of at least 4 members (excludes halogenated alkanes) is 1. The lowest BCUT2D eigenvalue weighted by Gasteiger charge is -2.22. The van der Waals surface area contributed by atoms with E-state index in [2.05, 4.69) is 19.1 Å². The Balaban J connectivity index is 1.44. The molecule has 0 saturated carbocycles. The molecule has 2 heterocycles.